The summed E-state index contributed by atoms with van der Waals surface area (Å²) in [6.07, 6.45) is 4.97. The van der Waals surface area contributed by atoms with E-state index in [-0.39, 0.29) is 54.7 Å². The molecule has 1 heterocycles. The highest BCUT2D eigenvalue weighted by atomic mass is 16.2. The molecule has 0 aliphatic carbocycles. The van der Waals surface area contributed by atoms with Crippen LogP contribution < -0.4 is 27.0 Å². The molecule has 1 aliphatic rings. The molecule has 2 atom stereocenters. The maximum absolute atomic E-state index is 13.0. The fraction of sp³-hybridized carbons (Fsp3) is 0.609. The van der Waals surface area contributed by atoms with Crippen molar-refractivity contribution in [3.8, 4) is 0 Å². The predicted molar refractivity (Wildman–Crippen MR) is 139 cm³/mol. The van der Waals surface area contributed by atoms with Gasteiger partial charge in [0.2, 0.25) is 17.7 Å². The van der Waals surface area contributed by atoms with E-state index in [2.05, 4.69) is 21.3 Å². The highest BCUT2D eigenvalue weighted by Gasteiger charge is 2.28. The summed E-state index contributed by atoms with van der Waals surface area (Å²) in [6, 6.07) is -1.82. The number of carbonyl (C=O) groups is 6. The van der Waals surface area contributed by atoms with Crippen molar-refractivity contribution in [2.75, 3.05) is 19.6 Å². The van der Waals surface area contributed by atoms with Crippen LogP contribution in [0.3, 0.4) is 0 Å². The first-order valence-corrected chi connectivity index (χ1v) is 12.4. The van der Waals surface area contributed by atoms with Crippen molar-refractivity contribution in [3.05, 3.63) is 12.2 Å². The number of amides is 5. The van der Waals surface area contributed by atoms with Crippen molar-refractivity contribution in [2.24, 2.45) is 11.7 Å². The van der Waals surface area contributed by atoms with Gasteiger partial charge in [0.25, 0.3) is 11.8 Å². The summed E-state index contributed by atoms with van der Waals surface area (Å²) in [6.45, 7) is 3.98. The largest absolute Gasteiger partial charge is 0.370 e. The molecular formula is C23H38BN7O6. The highest BCUT2D eigenvalue weighted by Crippen LogP contribution is 2.09. The summed E-state index contributed by atoms with van der Waals surface area (Å²) >= 11 is 0. The Hall–Kier alpha value is -3.71. The van der Waals surface area contributed by atoms with Crippen LogP contribution in [0.4, 0.5) is 0 Å². The summed E-state index contributed by atoms with van der Waals surface area (Å²) in [5, 5.41) is 17.7. The van der Waals surface area contributed by atoms with Crippen LogP contribution in [0, 0.1) is 11.3 Å². The number of imide groups is 1. The van der Waals surface area contributed by atoms with Gasteiger partial charge in [-0.3, -0.25) is 34.3 Å². The molecule has 0 fully saturated rings. The number of unbranched alkanes of at least 4 members (excludes halogenated alkanes) is 2. The van der Waals surface area contributed by atoms with Crippen molar-refractivity contribution in [3.63, 3.8) is 0 Å². The van der Waals surface area contributed by atoms with E-state index in [1.165, 1.54) is 20.0 Å². The first-order chi connectivity index (χ1) is 17.4. The highest BCUT2D eigenvalue weighted by molar-refractivity contribution is 6.58. The molecule has 5 amide bonds. The normalized spacial score (nSPS) is 14.3. The van der Waals surface area contributed by atoms with E-state index in [0.29, 0.717) is 38.8 Å². The van der Waals surface area contributed by atoms with E-state index in [1.54, 1.807) is 13.8 Å². The van der Waals surface area contributed by atoms with E-state index < -0.39 is 23.9 Å². The number of nitrogens with one attached hydrogen (secondary N) is 5. The van der Waals surface area contributed by atoms with Gasteiger partial charge in [-0.2, -0.15) is 0 Å². The summed E-state index contributed by atoms with van der Waals surface area (Å²) < 4.78 is 0. The second-order valence-corrected chi connectivity index (χ2v) is 9.22. The van der Waals surface area contributed by atoms with Gasteiger partial charge in [-0.1, -0.05) is 20.3 Å². The third kappa shape index (κ3) is 12.2. The Bertz CT molecular complexity index is 890. The lowest BCUT2D eigenvalue weighted by Crippen LogP contribution is -2.55. The zero-order chi connectivity index (χ0) is 28.0. The van der Waals surface area contributed by atoms with Gasteiger partial charge in [0.15, 0.2) is 13.8 Å². The van der Waals surface area contributed by atoms with E-state index in [1.807, 2.05) is 0 Å². The van der Waals surface area contributed by atoms with Crippen LogP contribution in [0.25, 0.3) is 0 Å². The molecule has 0 saturated carbocycles. The van der Waals surface area contributed by atoms with Gasteiger partial charge in [0, 0.05) is 31.7 Å². The molecule has 0 aromatic carbocycles. The molecule has 14 heteroatoms. The number of nitrogens with zero attached hydrogens (tertiary/aromatic N) is 1. The van der Waals surface area contributed by atoms with Crippen LogP contribution in [0.1, 0.15) is 52.4 Å². The quantitative estimate of drug-likeness (QED) is 0.0402. The van der Waals surface area contributed by atoms with Gasteiger partial charge in [0.1, 0.15) is 17.8 Å². The molecule has 0 spiro atoms. The van der Waals surface area contributed by atoms with Crippen LogP contribution in [-0.2, 0) is 28.8 Å². The molecule has 1 aliphatic heterocycles. The number of guanidine groups is 1. The average molecular weight is 519 g/mol. The summed E-state index contributed by atoms with van der Waals surface area (Å²) in [5.41, 5.74) is 5.02. The zero-order valence-electron chi connectivity index (χ0n) is 21.7. The molecular weight excluding hydrogens is 481 g/mol. The smallest absolute Gasteiger partial charge is 0.253 e. The first-order valence-electron chi connectivity index (χ1n) is 12.4. The SMILES string of the molecule is BC(=O)CNC(=O)[C@H](CCCNC(=N)N)NC(=O)C(NC(=O)CCCCCN1C(=O)C=CC1=O)C(C)C. The Morgan fingerprint density at radius 2 is 1.62 bits per heavy atom. The average Bonchev–Trinajstić information content (AvgIpc) is 3.14. The molecule has 204 valence electrons. The van der Waals surface area contributed by atoms with E-state index in [0.717, 1.165) is 4.90 Å². The summed E-state index contributed by atoms with van der Waals surface area (Å²) in [4.78, 5) is 73.5. The maximum Gasteiger partial charge on any atom is 0.253 e. The zero-order valence-corrected chi connectivity index (χ0v) is 21.7. The van der Waals surface area contributed by atoms with Crippen molar-refractivity contribution in [1.29, 1.82) is 5.41 Å². The Morgan fingerprint density at radius 1 is 0.973 bits per heavy atom. The predicted octanol–water partition coefficient (Wildman–Crippen LogP) is -2.36. The minimum absolute atomic E-state index is 0.163. The Balaban J connectivity index is 2.58. The van der Waals surface area contributed by atoms with Crippen LogP contribution in [0.15, 0.2) is 12.2 Å². The van der Waals surface area contributed by atoms with Crippen molar-refractivity contribution in [2.45, 2.75) is 64.5 Å². The fourth-order valence-corrected chi connectivity index (χ4v) is 3.56. The van der Waals surface area contributed by atoms with E-state index in [9.17, 15) is 28.8 Å². The minimum Gasteiger partial charge on any atom is -0.370 e. The van der Waals surface area contributed by atoms with E-state index >= 15 is 0 Å². The molecule has 0 radical (unpaired) electrons. The first kappa shape index (κ1) is 31.3. The molecule has 0 bridgehead atoms. The topological polar surface area (TPSA) is 204 Å². The van der Waals surface area contributed by atoms with Gasteiger partial charge in [-0.05, 0) is 31.6 Å². The molecule has 0 saturated heterocycles. The van der Waals surface area contributed by atoms with Gasteiger partial charge in [-0.15, -0.1) is 0 Å². The number of hydrogen-bond acceptors (Lipinski definition) is 7. The Kier molecular flexibility index (Phi) is 13.6. The van der Waals surface area contributed by atoms with Crippen LogP contribution >= 0.6 is 0 Å². The van der Waals surface area contributed by atoms with Gasteiger partial charge in [0.05, 0.1) is 6.54 Å². The van der Waals surface area contributed by atoms with Crippen LogP contribution in [0.5, 0.6) is 0 Å². The Labute approximate surface area is 217 Å². The lowest BCUT2D eigenvalue weighted by molar-refractivity contribution is -0.137. The number of nitrogens with two attached hydrogens (primary N) is 1. The number of rotatable bonds is 17. The van der Waals surface area contributed by atoms with Gasteiger partial charge >= 0.3 is 0 Å². The third-order valence-corrected chi connectivity index (χ3v) is 5.58. The monoisotopic (exact) mass is 519 g/mol. The standard InChI is InChI=1S/C23H38BN7O6/c1-14(2)20(30-17(33)8-4-3-5-12-31-18(34)9-10-19(31)35)22(37)29-15(7-6-11-27-23(25)26)21(36)28-13-16(24)32/h9-10,14-15,20H,3-8,11-13,24H2,1-2H3,(H,28,36)(H,29,37)(H,30,33)(H4,25,26,27)/t15-,20?/m0/s1. The van der Waals surface area contributed by atoms with Crippen molar-refractivity contribution < 1.29 is 28.8 Å². The fourth-order valence-electron chi connectivity index (χ4n) is 3.56. The third-order valence-electron chi connectivity index (χ3n) is 5.58. The minimum atomic E-state index is -0.941. The number of carbonyl (C=O) groups excluding carboxylic acids is 6. The van der Waals surface area contributed by atoms with Crippen molar-refractivity contribution >= 4 is 49.0 Å². The summed E-state index contributed by atoms with van der Waals surface area (Å²) in [5.74, 6) is -2.51. The molecule has 37 heavy (non-hydrogen) atoms. The number of hydrogen-bond donors (Lipinski definition) is 6. The van der Waals surface area contributed by atoms with Crippen LogP contribution in [0.2, 0.25) is 0 Å². The molecule has 7 N–H and O–H groups in total. The lowest BCUT2D eigenvalue weighted by Gasteiger charge is -2.25. The Morgan fingerprint density at radius 3 is 2.19 bits per heavy atom. The second kappa shape index (κ2) is 16.1. The molecule has 0 aromatic heterocycles. The van der Waals surface area contributed by atoms with Crippen LogP contribution in [-0.4, -0.2) is 85.6 Å². The van der Waals surface area contributed by atoms with Gasteiger partial charge in [-0.25, -0.2) is 0 Å². The molecule has 13 nitrogen and oxygen atoms in total. The summed E-state index contributed by atoms with van der Waals surface area (Å²) in [7, 11) is 1.33. The maximum atomic E-state index is 13.0. The molecule has 1 rings (SSSR count). The van der Waals surface area contributed by atoms with Crippen molar-refractivity contribution in [1.82, 2.24) is 26.2 Å². The van der Waals surface area contributed by atoms with Gasteiger partial charge < -0.3 is 31.8 Å². The van der Waals surface area contributed by atoms with E-state index in [4.69, 9.17) is 11.1 Å². The second-order valence-electron chi connectivity index (χ2n) is 9.22. The molecule has 0 aromatic rings. The lowest BCUT2D eigenvalue weighted by atomic mass is 10.0. The molecule has 1 unspecified atom stereocenters.